The lowest BCUT2D eigenvalue weighted by molar-refractivity contribution is 0.806. The molecular formula is C12H17BrClNS. The Morgan fingerprint density at radius 3 is 2.19 bits per heavy atom. The summed E-state index contributed by atoms with van der Waals surface area (Å²) in [6.07, 6.45) is 3.40. The lowest BCUT2D eigenvalue weighted by atomic mass is 10.2. The topological polar surface area (TPSA) is 23.9 Å². The maximum absolute atomic E-state index is 6.96. The molecule has 1 rings (SSSR count). The van der Waals surface area contributed by atoms with Gasteiger partial charge in [-0.2, -0.15) is 11.8 Å². The summed E-state index contributed by atoms with van der Waals surface area (Å²) in [5.74, 6) is 0. The van der Waals surface area contributed by atoms with Gasteiger partial charge in [0.25, 0.3) is 0 Å². The molecule has 0 bridgehead atoms. The summed E-state index contributed by atoms with van der Waals surface area (Å²) < 4.78 is 1.31. The first-order chi connectivity index (χ1) is 7.30. The smallest absolute Gasteiger partial charge is 0.0417 e. The number of thioether (sulfide) groups is 1. The second-order valence-electron chi connectivity index (χ2n) is 4.13. The fourth-order valence-electron chi connectivity index (χ4n) is 0.619. The summed E-state index contributed by atoms with van der Waals surface area (Å²) in [6.45, 7) is 6.62. The first kappa shape index (κ1) is 16.0. The molecule has 0 aliphatic carbocycles. The number of halogens is 2. The Morgan fingerprint density at radius 1 is 1.38 bits per heavy atom. The summed E-state index contributed by atoms with van der Waals surface area (Å²) in [5, 5.41) is 7.64. The molecule has 1 nitrogen and oxygen atoms in total. The minimum atomic E-state index is 0.458. The van der Waals surface area contributed by atoms with Crippen LogP contribution in [-0.4, -0.2) is 17.2 Å². The molecule has 0 amide bonds. The van der Waals surface area contributed by atoms with Crippen molar-refractivity contribution >= 4 is 45.5 Å². The zero-order valence-electron chi connectivity index (χ0n) is 9.97. The molecule has 0 spiro atoms. The maximum atomic E-state index is 6.96. The van der Waals surface area contributed by atoms with Crippen molar-refractivity contribution < 1.29 is 0 Å². The van der Waals surface area contributed by atoms with Crippen LogP contribution in [0.1, 0.15) is 26.3 Å². The summed E-state index contributed by atoms with van der Waals surface area (Å²) in [4.78, 5) is 0. The first-order valence-electron chi connectivity index (χ1n) is 4.81. The number of benzene rings is 1. The minimum absolute atomic E-state index is 0.458. The molecule has 0 saturated heterocycles. The van der Waals surface area contributed by atoms with Crippen LogP contribution < -0.4 is 0 Å². The van der Waals surface area contributed by atoms with Crippen LogP contribution in [0.5, 0.6) is 0 Å². The fraction of sp³-hybridized carbons (Fsp3) is 0.417. The van der Waals surface area contributed by atoms with Gasteiger partial charge in [0.05, 0.1) is 0 Å². The third-order valence-corrected chi connectivity index (χ3v) is 3.88. The van der Waals surface area contributed by atoms with Gasteiger partial charge >= 0.3 is 0 Å². The Kier molecular flexibility index (Phi) is 7.36. The predicted molar refractivity (Wildman–Crippen MR) is 80.3 cm³/mol. The van der Waals surface area contributed by atoms with E-state index in [1.165, 1.54) is 6.21 Å². The number of rotatable bonds is 1. The lowest BCUT2D eigenvalue weighted by Crippen LogP contribution is -2.04. The van der Waals surface area contributed by atoms with Gasteiger partial charge in [-0.05, 0) is 18.4 Å². The zero-order valence-corrected chi connectivity index (χ0v) is 13.1. The quantitative estimate of drug-likeness (QED) is 0.702. The molecule has 4 heteroatoms. The summed E-state index contributed by atoms with van der Waals surface area (Å²) in [5.41, 5.74) is 0.837. The highest BCUT2D eigenvalue weighted by atomic mass is 79.9. The van der Waals surface area contributed by atoms with Crippen LogP contribution in [0.25, 0.3) is 0 Å². The second-order valence-corrected chi connectivity index (χ2v) is 7.05. The standard InChI is InChI=1S/C7H5BrClN.C5H12S/c8-7-3-6(9)2-1-5(7)4-10;1-5(2,3)6-4/h1-4,10H;1-4H3. The normalized spacial score (nSPS) is 10.4. The van der Waals surface area contributed by atoms with Crippen LogP contribution in [0.4, 0.5) is 0 Å². The highest BCUT2D eigenvalue weighted by Crippen LogP contribution is 2.19. The third kappa shape index (κ3) is 7.31. The van der Waals surface area contributed by atoms with Crippen LogP contribution in [0.2, 0.25) is 5.02 Å². The maximum Gasteiger partial charge on any atom is 0.0417 e. The highest BCUT2D eigenvalue weighted by Gasteiger charge is 2.04. The van der Waals surface area contributed by atoms with Gasteiger partial charge in [-0.1, -0.05) is 54.4 Å². The highest BCUT2D eigenvalue weighted by molar-refractivity contribution is 9.10. The Hall–Kier alpha value is 0.01000. The van der Waals surface area contributed by atoms with Crippen LogP contribution in [0.15, 0.2) is 22.7 Å². The summed E-state index contributed by atoms with van der Waals surface area (Å²) >= 11 is 10.8. The number of hydrogen-bond donors (Lipinski definition) is 1. The molecule has 0 aromatic heterocycles. The van der Waals surface area contributed by atoms with Crippen LogP contribution in [-0.2, 0) is 0 Å². The van der Waals surface area contributed by atoms with E-state index < -0.39 is 0 Å². The van der Waals surface area contributed by atoms with Crippen molar-refractivity contribution in [1.29, 1.82) is 5.41 Å². The van der Waals surface area contributed by atoms with E-state index in [2.05, 4.69) is 43.0 Å². The van der Waals surface area contributed by atoms with Crippen molar-refractivity contribution in [3.8, 4) is 0 Å². The van der Waals surface area contributed by atoms with E-state index in [0.717, 1.165) is 10.0 Å². The molecule has 0 radical (unpaired) electrons. The lowest BCUT2D eigenvalue weighted by Gasteiger charge is -2.12. The average Bonchev–Trinajstić information content (AvgIpc) is 2.18. The molecule has 0 saturated carbocycles. The van der Waals surface area contributed by atoms with Gasteiger partial charge in [-0.15, -0.1) is 0 Å². The Morgan fingerprint density at radius 2 is 1.88 bits per heavy atom. The van der Waals surface area contributed by atoms with E-state index >= 15 is 0 Å². The third-order valence-electron chi connectivity index (χ3n) is 1.73. The zero-order chi connectivity index (χ0) is 12.8. The predicted octanol–water partition coefficient (Wildman–Crippen LogP) is 5.25. The minimum Gasteiger partial charge on any atom is -0.308 e. The van der Waals surface area contributed by atoms with Gasteiger partial charge < -0.3 is 5.41 Å². The molecule has 1 aromatic carbocycles. The Labute approximate surface area is 116 Å². The first-order valence-corrected chi connectivity index (χ1v) is 7.20. The van der Waals surface area contributed by atoms with Crippen molar-refractivity contribution in [2.24, 2.45) is 0 Å². The molecule has 0 aliphatic heterocycles. The van der Waals surface area contributed by atoms with Crippen molar-refractivity contribution in [3.05, 3.63) is 33.3 Å². The molecule has 0 heterocycles. The van der Waals surface area contributed by atoms with E-state index in [-0.39, 0.29) is 0 Å². The summed E-state index contributed by atoms with van der Waals surface area (Å²) in [6, 6.07) is 5.31. The average molecular weight is 323 g/mol. The van der Waals surface area contributed by atoms with E-state index in [4.69, 9.17) is 17.0 Å². The molecule has 0 atom stereocenters. The Balaban J connectivity index is 0.000000325. The fourth-order valence-corrected chi connectivity index (χ4v) is 1.42. The molecule has 16 heavy (non-hydrogen) atoms. The van der Waals surface area contributed by atoms with E-state index in [9.17, 15) is 0 Å². The number of hydrogen-bond acceptors (Lipinski definition) is 2. The van der Waals surface area contributed by atoms with Gasteiger partial charge in [0.1, 0.15) is 0 Å². The SMILES string of the molecule is CSC(C)(C)C.N=Cc1ccc(Cl)cc1Br. The van der Waals surface area contributed by atoms with Gasteiger partial charge in [-0.25, -0.2) is 0 Å². The monoisotopic (exact) mass is 321 g/mol. The van der Waals surface area contributed by atoms with Gasteiger partial charge in [0.15, 0.2) is 0 Å². The molecule has 1 N–H and O–H groups in total. The van der Waals surface area contributed by atoms with Gasteiger partial charge in [0.2, 0.25) is 0 Å². The van der Waals surface area contributed by atoms with Crippen LogP contribution >= 0.6 is 39.3 Å². The Bertz CT molecular complexity index is 347. The molecule has 0 aliphatic rings. The molecular weight excluding hydrogens is 306 g/mol. The molecule has 1 aromatic rings. The van der Waals surface area contributed by atoms with Crippen LogP contribution in [0, 0.1) is 5.41 Å². The van der Waals surface area contributed by atoms with E-state index in [1.54, 1.807) is 18.2 Å². The van der Waals surface area contributed by atoms with Crippen molar-refractivity contribution in [2.75, 3.05) is 6.26 Å². The van der Waals surface area contributed by atoms with Crippen molar-refractivity contribution in [3.63, 3.8) is 0 Å². The summed E-state index contributed by atoms with van der Waals surface area (Å²) in [7, 11) is 0. The molecule has 0 unspecified atom stereocenters. The van der Waals surface area contributed by atoms with Gasteiger partial charge in [0, 0.05) is 26.0 Å². The van der Waals surface area contributed by atoms with E-state index in [1.807, 2.05) is 11.8 Å². The van der Waals surface area contributed by atoms with Crippen molar-refractivity contribution in [1.82, 2.24) is 0 Å². The van der Waals surface area contributed by atoms with E-state index in [0.29, 0.717) is 9.77 Å². The van der Waals surface area contributed by atoms with Crippen LogP contribution in [0.3, 0.4) is 0 Å². The molecule has 90 valence electrons. The number of nitrogens with one attached hydrogen (secondary N) is 1. The molecule has 0 fully saturated rings. The van der Waals surface area contributed by atoms with Crippen molar-refractivity contribution in [2.45, 2.75) is 25.5 Å². The largest absolute Gasteiger partial charge is 0.308 e. The second kappa shape index (κ2) is 7.36. The van der Waals surface area contributed by atoms with Gasteiger partial charge in [-0.3, -0.25) is 0 Å².